The molecule has 1 rings (SSSR count). The van der Waals surface area contributed by atoms with Gasteiger partial charge in [0.25, 0.3) is 0 Å². The van der Waals surface area contributed by atoms with Gasteiger partial charge in [-0.05, 0) is 12.1 Å². The lowest BCUT2D eigenvalue weighted by molar-refractivity contribution is 0.549. The van der Waals surface area contributed by atoms with Crippen molar-refractivity contribution < 1.29 is 8.76 Å². The van der Waals surface area contributed by atoms with Gasteiger partial charge in [0.15, 0.2) is 0 Å². The largest absolute Gasteiger partial charge is 0.398 e. The van der Waals surface area contributed by atoms with Crippen molar-refractivity contribution in [3.63, 3.8) is 0 Å². The summed E-state index contributed by atoms with van der Waals surface area (Å²) in [6, 6.07) is 5.42. The molecule has 0 saturated heterocycles. The summed E-state index contributed by atoms with van der Waals surface area (Å²) in [5.41, 5.74) is 7.95. The highest BCUT2D eigenvalue weighted by Gasteiger charge is 2.05. The maximum Gasteiger partial charge on any atom is 0.232 e. The van der Waals surface area contributed by atoms with Gasteiger partial charge in [0.05, 0.1) is 0 Å². The first-order valence-corrected chi connectivity index (χ1v) is 5.15. The molecule has 0 saturated carbocycles. The molecule has 14 heavy (non-hydrogen) atoms. The highest BCUT2D eigenvalue weighted by molar-refractivity contribution is 7.77. The van der Waals surface area contributed by atoms with Crippen LogP contribution in [0, 0.1) is 0 Å². The van der Waals surface area contributed by atoms with E-state index in [9.17, 15) is 4.21 Å². The third kappa shape index (κ3) is 2.69. The number of rotatable bonds is 4. The van der Waals surface area contributed by atoms with Crippen LogP contribution in [0.4, 0.5) is 11.4 Å². The van der Waals surface area contributed by atoms with Crippen LogP contribution in [-0.4, -0.2) is 15.8 Å². The number of nitrogens with one attached hydrogen (secondary N) is 2. The Morgan fingerprint density at radius 3 is 2.86 bits per heavy atom. The van der Waals surface area contributed by atoms with E-state index < -0.39 is 11.3 Å². The van der Waals surface area contributed by atoms with E-state index in [1.54, 1.807) is 13.1 Å². The minimum Gasteiger partial charge on any atom is -0.398 e. The van der Waals surface area contributed by atoms with E-state index in [1.807, 2.05) is 12.1 Å². The lowest BCUT2D eigenvalue weighted by atomic mass is 10.1. The van der Waals surface area contributed by atoms with Crippen LogP contribution in [0.15, 0.2) is 18.2 Å². The number of anilines is 2. The number of benzene rings is 1. The smallest absolute Gasteiger partial charge is 0.232 e. The van der Waals surface area contributed by atoms with E-state index in [0.717, 1.165) is 11.3 Å². The minimum atomic E-state index is -2.02. The van der Waals surface area contributed by atoms with E-state index >= 15 is 0 Å². The summed E-state index contributed by atoms with van der Waals surface area (Å²) in [4.78, 5) is 0. The summed E-state index contributed by atoms with van der Waals surface area (Å²) in [5.74, 6) is 0. The van der Waals surface area contributed by atoms with Gasteiger partial charge in [-0.1, -0.05) is 6.07 Å². The summed E-state index contributed by atoms with van der Waals surface area (Å²) >= 11 is -2.02. The van der Waals surface area contributed by atoms with E-state index in [-0.39, 0.29) is 6.54 Å². The van der Waals surface area contributed by atoms with Gasteiger partial charge in [-0.2, -0.15) is 0 Å². The molecular weight excluding hydrogens is 202 g/mol. The highest BCUT2D eigenvalue weighted by Crippen LogP contribution is 2.21. The molecule has 0 aliphatic heterocycles. The van der Waals surface area contributed by atoms with Gasteiger partial charge in [-0.15, -0.1) is 0 Å². The Hall–Kier alpha value is -1.11. The Labute approximate surface area is 85.1 Å². The third-order valence-electron chi connectivity index (χ3n) is 1.85. The van der Waals surface area contributed by atoms with Crippen LogP contribution in [-0.2, 0) is 17.8 Å². The van der Waals surface area contributed by atoms with Gasteiger partial charge in [-0.3, -0.25) is 4.55 Å². The molecule has 6 heteroatoms. The number of nitrogen functional groups attached to an aromatic ring is 1. The van der Waals surface area contributed by atoms with Crippen LogP contribution >= 0.6 is 0 Å². The molecule has 0 bridgehead atoms. The summed E-state index contributed by atoms with van der Waals surface area (Å²) in [6.45, 7) is 0.256. The lowest BCUT2D eigenvalue weighted by Crippen LogP contribution is -2.17. The van der Waals surface area contributed by atoms with Crippen LogP contribution in [0.1, 0.15) is 5.56 Å². The Balaban J connectivity index is 2.87. The van der Waals surface area contributed by atoms with Gasteiger partial charge in [0.2, 0.25) is 11.3 Å². The molecule has 0 amide bonds. The Morgan fingerprint density at radius 1 is 1.57 bits per heavy atom. The molecule has 0 heterocycles. The van der Waals surface area contributed by atoms with Crippen LogP contribution in [0.5, 0.6) is 0 Å². The number of hydrogen-bond donors (Lipinski definition) is 4. The van der Waals surface area contributed by atoms with Gasteiger partial charge in [-0.25, -0.2) is 8.93 Å². The molecule has 5 N–H and O–H groups in total. The van der Waals surface area contributed by atoms with E-state index in [0.29, 0.717) is 5.69 Å². The summed E-state index contributed by atoms with van der Waals surface area (Å²) in [5, 5.41) is 2.96. The second-order valence-electron chi connectivity index (χ2n) is 2.69. The predicted octanol–water partition coefficient (Wildman–Crippen LogP) is 0.537. The maximum absolute atomic E-state index is 10.4. The molecule has 0 aliphatic carbocycles. The zero-order valence-electron chi connectivity index (χ0n) is 7.78. The van der Waals surface area contributed by atoms with Crippen molar-refractivity contribution in [1.82, 2.24) is 4.72 Å². The van der Waals surface area contributed by atoms with Gasteiger partial charge >= 0.3 is 0 Å². The molecule has 1 aromatic rings. The Morgan fingerprint density at radius 2 is 2.29 bits per heavy atom. The molecule has 1 unspecified atom stereocenters. The molecule has 1 atom stereocenters. The standard InChI is InChI=1S/C8H13N3O2S/c1-10-8-4-2-3-7(9)6(8)5-11-14(12)13/h2-4,10-11H,5,9H2,1H3,(H,12,13). The van der Waals surface area contributed by atoms with Crippen molar-refractivity contribution in [2.24, 2.45) is 0 Å². The maximum atomic E-state index is 10.4. The first-order chi connectivity index (χ1) is 6.65. The highest BCUT2D eigenvalue weighted by atomic mass is 32.2. The summed E-state index contributed by atoms with van der Waals surface area (Å²) in [6.07, 6.45) is 0. The fourth-order valence-electron chi connectivity index (χ4n) is 1.17. The molecule has 0 spiro atoms. The fraction of sp³-hybridized carbons (Fsp3) is 0.250. The lowest BCUT2D eigenvalue weighted by Gasteiger charge is -2.11. The van der Waals surface area contributed by atoms with E-state index in [2.05, 4.69) is 10.0 Å². The second kappa shape index (κ2) is 4.94. The van der Waals surface area contributed by atoms with Gasteiger partial charge < -0.3 is 11.1 Å². The molecule has 0 radical (unpaired) electrons. The number of nitrogens with two attached hydrogens (primary N) is 1. The van der Waals surface area contributed by atoms with Crippen LogP contribution < -0.4 is 15.8 Å². The van der Waals surface area contributed by atoms with Crippen LogP contribution in [0.3, 0.4) is 0 Å². The molecular formula is C8H13N3O2S. The van der Waals surface area contributed by atoms with E-state index in [1.165, 1.54) is 0 Å². The van der Waals surface area contributed by atoms with Crippen molar-refractivity contribution in [2.45, 2.75) is 6.54 Å². The van der Waals surface area contributed by atoms with E-state index in [4.69, 9.17) is 10.3 Å². The van der Waals surface area contributed by atoms with Crippen LogP contribution in [0.2, 0.25) is 0 Å². The summed E-state index contributed by atoms with van der Waals surface area (Å²) in [7, 11) is 1.77. The minimum absolute atomic E-state index is 0.256. The predicted molar refractivity (Wildman–Crippen MR) is 58.0 cm³/mol. The first-order valence-electron chi connectivity index (χ1n) is 4.04. The van der Waals surface area contributed by atoms with Gasteiger partial charge in [0.1, 0.15) is 0 Å². The SMILES string of the molecule is CNc1cccc(N)c1CNS(=O)O. The topological polar surface area (TPSA) is 87.4 Å². The van der Waals surface area contributed by atoms with Crippen molar-refractivity contribution in [3.8, 4) is 0 Å². The average Bonchev–Trinajstić information content (AvgIpc) is 2.15. The van der Waals surface area contributed by atoms with Crippen molar-refractivity contribution in [3.05, 3.63) is 23.8 Å². The molecule has 0 aliphatic rings. The molecule has 0 fully saturated rings. The van der Waals surface area contributed by atoms with Crippen molar-refractivity contribution >= 4 is 22.6 Å². The molecule has 0 aromatic heterocycles. The molecule has 5 nitrogen and oxygen atoms in total. The average molecular weight is 215 g/mol. The van der Waals surface area contributed by atoms with Gasteiger partial charge in [0, 0.05) is 30.5 Å². The number of hydrogen-bond acceptors (Lipinski definition) is 3. The quantitative estimate of drug-likeness (QED) is 0.436. The zero-order valence-corrected chi connectivity index (χ0v) is 8.60. The molecule has 78 valence electrons. The fourth-order valence-corrected chi connectivity index (χ4v) is 1.44. The Kier molecular flexibility index (Phi) is 3.87. The van der Waals surface area contributed by atoms with Crippen molar-refractivity contribution in [1.29, 1.82) is 0 Å². The molecule has 1 aromatic carbocycles. The van der Waals surface area contributed by atoms with Crippen molar-refractivity contribution in [2.75, 3.05) is 18.1 Å². The zero-order chi connectivity index (χ0) is 10.6. The third-order valence-corrected chi connectivity index (χ3v) is 2.25. The summed E-state index contributed by atoms with van der Waals surface area (Å²) < 4.78 is 21.4. The monoisotopic (exact) mass is 215 g/mol. The van der Waals surface area contributed by atoms with Crippen LogP contribution in [0.25, 0.3) is 0 Å². The Bertz CT molecular complexity index is 343. The second-order valence-corrected chi connectivity index (χ2v) is 3.48. The first kappa shape index (κ1) is 11.0. The normalized spacial score (nSPS) is 12.4.